The number of carbonyl (C=O) groups excluding carboxylic acids is 2. The van der Waals surface area contributed by atoms with Crippen LogP contribution in [0.5, 0.6) is 5.75 Å². The third-order valence-corrected chi connectivity index (χ3v) is 4.22. The van der Waals surface area contributed by atoms with Crippen LogP contribution in [0.15, 0.2) is 42.5 Å². The van der Waals surface area contributed by atoms with Gasteiger partial charge in [-0.2, -0.15) is 0 Å². The molecule has 0 bridgehead atoms. The molecule has 0 unspecified atom stereocenters. The number of nitrogens with one attached hydrogen (secondary N) is 2. The molecule has 0 spiro atoms. The summed E-state index contributed by atoms with van der Waals surface area (Å²) < 4.78 is 9.45. The fourth-order valence-electron chi connectivity index (χ4n) is 2.11. The van der Waals surface area contributed by atoms with Crippen molar-refractivity contribution in [2.45, 2.75) is 26.8 Å². The highest BCUT2D eigenvalue weighted by atomic mass is 35.5. The minimum atomic E-state index is -0.457. The van der Waals surface area contributed by atoms with Crippen molar-refractivity contribution in [2.24, 2.45) is 5.41 Å². The summed E-state index contributed by atoms with van der Waals surface area (Å²) in [6.07, 6.45) is 1.87. The normalized spacial score (nSPS) is 9.83. The lowest BCUT2D eigenvalue weighted by Gasteiger charge is -2.13. The molecule has 30 heavy (non-hydrogen) atoms. The Bertz CT molecular complexity index is 767. The van der Waals surface area contributed by atoms with E-state index in [1.165, 1.54) is 0 Å². The van der Waals surface area contributed by atoms with Crippen LogP contribution in [0.4, 0.5) is 11.4 Å². The van der Waals surface area contributed by atoms with Gasteiger partial charge in [-0.3, -0.25) is 0 Å². The van der Waals surface area contributed by atoms with Gasteiger partial charge in [-0.1, -0.05) is 43.6 Å². The van der Waals surface area contributed by atoms with Gasteiger partial charge in [0.05, 0.1) is 18.5 Å². The van der Waals surface area contributed by atoms with Crippen molar-refractivity contribution >= 4 is 35.5 Å². The van der Waals surface area contributed by atoms with E-state index < -0.39 is 5.41 Å². The molecule has 2 aromatic rings. The lowest BCUT2D eigenvalue weighted by Crippen LogP contribution is -2.12. The Balaban J connectivity index is 0.000000641. The van der Waals surface area contributed by atoms with E-state index in [0.717, 1.165) is 40.3 Å². The number of benzene rings is 2. The summed E-state index contributed by atoms with van der Waals surface area (Å²) in [6.45, 7) is 4.14. The maximum absolute atomic E-state index is 10.1. The number of ether oxygens (including phenoxy) is 2. The number of rotatable bonds is 8. The fraction of sp³-hybridized carbons (Fsp3) is 0.391. The Morgan fingerprint density at radius 2 is 1.67 bits per heavy atom. The van der Waals surface area contributed by atoms with Gasteiger partial charge < -0.3 is 29.7 Å². The van der Waals surface area contributed by atoms with Crippen LogP contribution < -0.4 is 15.4 Å². The van der Waals surface area contributed by atoms with Gasteiger partial charge in [0, 0.05) is 50.7 Å². The predicted molar refractivity (Wildman–Crippen MR) is 125 cm³/mol. The van der Waals surface area contributed by atoms with Gasteiger partial charge in [0.25, 0.3) is 0 Å². The largest absolute Gasteiger partial charge is 0.497 e. The number of carbonyl (C=O) groups is 2. The van der Waals surface area contributed by atoms with Crippen molar-refractivity contribution < 1.29 is 19.1 Å². The van der Waals surface area contributed by atoms with Crippen LogP contribution in [-0.2, 0) is 20.9 Å². The quantitative estimate of drug-likeness (QED) is 0.563. The molecule has 0 saturated carbocycles. The molecule has 0 radical (unpaired) electrons. The standard InChI is InChI=1S/C15H17ClN2O.C6H10O2.C2H6O/c1-17-15-9-12(19-2)7-8-14(15)18-10-11-5-3-4-6-13(11)16;1-6(2,5-8)3-4-7;1-3-2/h3-9,17-18H,10H2,1-2H3;4-5H,3H2,1-2H3;1-2H3. The first-order valence-corrected chi connectivity index (χ1v) is 9.79. The molecular formula is C23H33ClN2O4. The van der Waals surface area contributed by atoms with E-state index in [2.05, 4.69) is 15.4 Å². The van der Waals surface area contributed by atoms with Crippen molar-refractivity contribution in [2.75, 3.05) is 39.0 Å². The summed E-state index contributed by atoms with van der Waals surface area (Å²) >= 11 is 6.14. The van der Waals surface area contributed by atoms with Crippen LogP contribution in [0, 0.1) is 5.41 Å². The number of halogens is 1. The van der Waals surface area contributed by atoms with Crippen molar-refractivity contribution in [1.82, 2.24) is 0 Å². The second-order valence-corrected chi connectivity index (χ2v) is 7.40. The first-order valence-electron chi connectivity index (χ1n) is 9.41. The summed E-state index contributed by atoms with van der Waals surface area (Å²) in [5.41, 5.74) is 2.62. The van der Waals surface area contributed by atoms with Gasteiger partial charge in [0.15, 0.2) is 0 Å². The maximum atomic E-state index is 10.1. The molecule has 0 saturated heterocycles. The highest BCUT2D eigenvalue weighted by Gasteiger charge is 2.14. The molecule has 0 aliphatic heterocycles. The van der Waals surface area contributed by atoms with Crippen LogP contribution in [0.3, 0.4) is 0 Å². The zero-order valence-electron chi connectivity index (χ0n) is 18.6. The highest BCUT2D eigenvalue weighted by molar-refractivity contribution is 6.31. The third-order valence-electron chi connectivity index (χ3n) is 3.85. The summed E-state index contributed by atoms with van der Waals surface area (Å²) in [5.74, 6) is 0.827. The van der Waals surface area contributed by atoms with E-state index in [1.54, 1.807) is 35.2 Å². The maximum Gasteiger partial charge on any atom is 0.126 e. The van der Waals surface area contributed by atoms with Gasteiger partial charge in [0.2, 0.25) is 0 Å². The van der Waals surface area contributed by atoms with Crippen molar-refractivity contribution in [3.05, 3.63) is 53.1 Å². The number of anilines is 2. The molecule has 0 heterocycles. The molecule has 2 rings (SSSR count). The van der Waals surface area contributed by atoms with Gasteiger partial charge >= 0.3 is 0 Å². The molecule has 2 N–H and O–H groups in total. The Labute approximate surface area is 184 Å². The second kappa shape index (κ2) is 15.3. The lowest BCUT2D eigenvalue weighted by molar-refractivity contribution is -0.119. The van der Waals surface area contributed by atoms with E-state index in [9.17, 15) is 9.59 Å². The molecule has 0 aliphatic rings. The molecule has 7 heteroatoms. The molecule has 0 aliphatic carbocycles. The summed E-state index contributed by atoms with van der Waals surface area (Å²) in [7, 11) is 6.79. The summed E-state index contributed by atoms with van der Waals surface area (Å²) in [4.78, 5) is 19.9. The minimum absolute atomic E-state index is 0.316. The van der Waals surface area contributed by atoms with Crippen LogP contribution in [0.25, 0.3) is 0 Å². The minimum Gasteiger partial charge on any atom is -0.497 e. The molecule has 0 fully saturated rings. The molecule has 6 nitrogen and oxygen atoms in total. The first-order chi connectivity index (χ1) is 14.3. The van der Waals surface area contributed by atoms with E-state index in [1.807, 2.05) is 49.5 Å². The third kappa shape index (κ3) is 10.8. The molecule has 0 atom stereocenters. The molecule has 166 valence electrons. The molecule has 2 aromatic carbocycles. The Morgan fingerprint density at radius 1 is 1.03 bits per heavy atom. The van der Waals surface area contributed by atoms with Gasteiger partial charge in [-0.05, 0) is 23.8 Å². The van der Waals surface area contributed by atoms with Crippen LogP contribution in [0.1, 0.15) is 25.8 Å². The number of hydrogen-bond acceptors (Lipinski definition) is 6. The summed E-state index contributed by atoms with van der Waals surface area (Å²) in [6, 6.07) is 13.7. The van der Waals surface area contributed by atoms with E-state index >= 15 is 0 Å². The van der Waals surface area contributed by atoms with E-state index in [4.69, 9.17) is 16.3 Å². The zero-order chi connectivity index (χ0) is 23.0. The number of aldehydes is 2. The monoisotopic (exact) mass is 436 g/mol. The van der Waals surface area contributed by atoms with Crippen LogP contribution >= 0.6 is 11.6 Å². The topological polar surface area (TPSA) is 76.7 Å². The fourth-order valence-corrected chi connectivity index (χ4v) is 2.31. The molecular weight excluding hydrogens is 404 g/mol. The SMILES string of the molecule is CC(C)(C=O)CC=O.CNc1cc(OC)ccc1NCc1ccccc1Cl.COC. The Hall–Kier alpha value is -2.57. The number of methoxy groups -OCH3 is 2. The van der Waals surface area contributed by atoms with Gasteiger partial charge in [0.1, 0.15) is 18.3 Å². The van der Waals surface area contributed by atoms with Crippen LogP contribution in [-0.4, -0.2) is 40.9 Å². The Kier molecular flexibility index (Phi) is 14.0. The highest BCUT2D eigenvalue weighted by Crippen LogP contribution is 2.27. The summed E-state index contributed by atoms with van der Waals surface area (Å²) in [5, 5.41) is 7.29. The molecule has 0 amide bonds. The van der Waals surface area contributed by atoms with Gasteiger partial charge in [-0.15, -0.1) is 0 Å². The average Bonchev–Trinajstić information content (AvgIpc) is 2.74. The second-order valence-electron chi connectivity index (χ2n) is 6.99. The molecule has 0 aromatic heterocycles. The lowest BCUT2D eigenvalue weighted by atomic mass is 9.93. The Morgan fingerprint density at radius 3 is 2.13 bits per heavy atom. The van der Waals surface area contributed by atoms with Gasteiger partial charge in [-0.25, -0.2) is 0 Å². The average molecular weight is 437 g/mol. The van der Waals surface area contributed by atoms with Crippen molar-refractivity contribution in [3.63, 3.8) is 0 Å². The van der Waals surface area contributed by atoms with Crippen LogP contribution in [0.2, 0.25) is 5.02 Å². The van der Waals surface area contributed by atoms with Crippen molar-refractivity contribution in [1.29, 1.82) is 0 Å². The van der Waals surface area contributed by atoms with E-state index in [0.29, 0.717) is 13.0 Å². The zero-order valence-corrected chi connectivity index (χ0v) is 19.4. The van der Waals surface area contributed by atoms with E-state index in [-0.39, 0.29) is 0 Å². The smallest absolute Gasteiger partial charge is 0.126 e. The van der Waals surface area contributed by atoms with Crippen molar-refractivity contribution in [3.8, 4) is 5.75 Å². The predicted octanol–water partition coefficient (Wildman–Crippen LogP) is 5.07. The number of hydrogen-bond donors (Lipinski definition) is 2. The first kappa shape index (κ1) is 27.4.